The van der Waals surface area contributed by atoms with Crippen LogP contribution >= 0.6 is 0 Å². The second-order valence-electron chi connectivity index (χ2n) is 6.38. The summed E-state index contributed by atoms with van der Waals surface area (Å²) in [5, 5.41) is 2.71. The first-order valence-corrected chi connectivity index (χ1v) is 8.70. The van der Waals surface area contributed by atoms with Gasteiger partial charge in [-0.3, -0.25) is 9.59 Å². The minimum atomic E-state index is -0.465. The average molecular weight is 351 g/mol. The normalized spacial score (nSPS) is 12.3. The summed E-state index contributed by atoms with van der Waals surface area (Å²) in [6, 6.07) is 12.3. The number of Topliss-reactive ketones (excluding diaryl/α,β-unsaturated/α-hetero) is 1. The summed E-state index contributed by atoms with van der Waals surface area (Å²) in [4.78, 5) is 36.0. The van der Waals surface area contributed by atoms with E-state index in [0.29, 0.717) is 16.8 Å². The van der Waals surface area contributed by atoms with Gasteiger partial charge in [0, 0.05) is 24.1 Å². The van der Waals surface area contributed by atoms with Crippen molar-refractivity contribution in [3.63, 3.8) is 0 Å². The molecule has 1 aliphatic rings. The summed E-state index contributed by atoms with van der Waals surface area (Å²) in [6.07, 6.45) is 3.49. The van der Waals surface area contributed by atoms with Gasteiger partial charge in [-0.25, -0.2) is 4.79 Å². The van der Waals surface area contributed by atoms with Gasteiger partial charge >= 0.3 is 5.97 Å². The summed E-state index contributed by atoms with van der Waals surface area (Å²) >= 11 is 0. The zero-order chi connectivity index (χ0) is 18.5. The predicted molar refractivity (Wildman–Crippen MR) is 98.4 cm³/mol. The molecule has 0 saturated heterocycles. The Labute approximate surface area is 152 Å². The Hall–Kier alpha value is -2.95. The molecule has 0 aliphatic heterocycles. The van der Waals surface area contributed by atoms with E-state index in [1.807, 2.05) is 18.2 Å². The summed E-state index contributed by atoms with van der Waals surface area (Å²) in [5.74, 6) is -0.757. The number of methoxy groups -OCH3 is 1. The third kappa shape index (κ3) is 4.17. The van der Waals surface area contributed by atoms with Crippen molar-refractivity contribution in [2.45, 2.75) is 32.1 Å². The molecule has 0 aromatic heterocycles. The van der Waals surface area contributed by atoms with Crippen molar-refractivity contribution in [2.24, 2.45) is 0 Å². The number of fused-ring (bicyclic) bond motifs is 1. The van der Waals surface area contributed by atoms with Gasteiger partial charge in [-0.05, 0) is 54.7 Å². The number of ether oxygens (including phenoxy) is 1. The van der Waals surface area contributed by atoms with Crippen LogP contribution in [-0.2, 0) is 22.4 Å². The fraction of sp³-hybridized carbons (Fsp3) is 0.286. The number of anilines is 1. The Morgan fingerprint density at radius 1 is 0.962 bits per heavy atom. The topological polar surface area (TPSA) is 72.5 Å². The fourth-order valence-electron chi connectivity index (χ4n) is 3.18. The first-order chi connectivity index (χ1) is 12.6. The molecule has 0 atom stereocenters. The lowest BCUT2D eigenvalue weighted by atomic mass is 10.0. The number of esters is 1. The van der Waals surface area contributed by atoms with Crippen molar-refractivity contribution < 1.29 is 19.1 Å². The second kappa shape index (κ2) is 7.95. The van der Waals surface area contributed by atoms with Gasteiger partial charge in [0.2, 0.25) is 5.91 Å². The number of benzene rings is 2. The van der Waals surface area contributed by atoms with Crippen LogP contribution in [0.1, 0.15) is 51.1 Å². The molecule has 1 amide bonds. The van der Waals surface area contributed by atoms with Gasteiger partial charge in [0.1, 0.15) is 0 Å². The fourth-order valence-corrected chi connectivity index (χ4v) is 3.18. The molecule has 3 rings (SSSR count). The van der Waals surface area contributed by atoms with E-state index < -0.39 is 5.97 Å². The lowest BCUT2D eigenvalue weighted by molar-refractivity contribution is -0.116. The molecule has 0 heterocycles. The quantitative estimate of drug-likeness (QED) is 0.638. The van der Waals surface area contributed by atoms with Crippen molar-refractivity contribution in [3.8, 4) is 0 Å². The first-order valence-electron chi connectivity index (χ1n) is 8.70. The lowest BCUT2D eigenvalue weighted by Crippen LogP contribution is -2.14. The number of ketones is 1. The van der Waals surface area contributed by atoms with E-state index in [-0.39, 0.29) is 24.5 Å². The van der Waals surface area contributed by atoms with E-state index >= 15 is 0 Å². The van der Waals surface area contributed by atoms with Gasteiger partial charge in [-0.1, -0.05) is 18.2 Å². The number of rotatable bonds is 6. The van der Waals surface area contributed by atoms with Crippen LogP contribution in [0.25, 0.3) is 0 Å². The smallest absolute Gasteiger partial charge is 0.337 e. The van der Waals surface area contributed by atoms with Crippen molar-refractivity contribution >= 4 is 23.3 Å². The molecule has 5 nitrogen and oxygen atoms in total. The standard InChI is InChI=1S/C21H21NO4/c1-26-21(25)17-6-3-7-18(13-17)22-20(24)11-10-19(23)16-9-8-14-4-2-5-15(14)12-16/h3,6-9,12-13H,2,4-5,10-11H2,1H3,(H,22,24). The molecular formula is C21H21NO4. The molecular weight excluding hydrogens is 330 g/mol. The zero-order valence-corrected chi connectivity index (χ0v) is 14.7. The van der Waals surface area contributed by atoms with Crippen molar-refractivity contribution in [1.29, 1.82) is 0 Å². The van der Waals surface area contributed by atoms with E-state index in [4.69, 9.17) is 0 Å². The summed E-state index contributed by atoms with van der Waals surface area (Å²) < 4.78 is 4.66. The molecule has 0 saturated carbocycles. The van der Waals surface area contributed by atoms with Crippen LogP contribution in [0.4, 0.5) is 5.69 Å². The molecule has 5 heteroatoms. The summed E-state index contributed by atoms with van der Waals surface area (Å²) in [7, 11) is 1.30. The molecule has 2 aromatic rings. The van der Waals surface area contributed by atoms with E-state index in [2.05, 4.69) is 10.1 Å². The Balaban J connectivity index is 1.55. The molecule has 0 bridgehead atoms. The van der Waals surface area contributed by atoms with Crippen LogP contribution < -0.4 is 5.32 Å². The highest BCUT2D eigenvalue weighted by Crippen LogP contribution is 2.23. The van der Waals surface area contributed by atoms with Crippen LogP contribution in [0.3, 0.4) is 0 Å². The Morgan fingerprint density at radius 3 is 2.58 bits per heavy atom. The van der Waals surface area contributed by atoms with Crippen LogP contribution in [-0.4, -0.2) is 24.8 Å². The van der Waals surface area contributed by atoms with Gasteiger partial charge in [0.15, 0.2) is 5.78 Å². The number of hydrogen-bond donors (Lipinski definition) is 1. The lowest BCUT2D eigenvalue weighted by Gasteiger charge is -2.07. The van der Waals surface area contributed by atoms with Gasteiger partial charge in [-0.2, -0.15) is 0 Å². The van der Waals surface area contributed by atoms with E-state index in [1.165, 1.54) is 18.2 Å². The van der Waals surface area contributed by atoms with Crippen LogP contribution in [0, 0.1) is 0 Å². The third-order valence-corrected chi connectivity index (χ3v) is 4.57. The molecule has 1 N–H and O–H groups in total. The maximum absolute atomic E-state index is 12.3. The SMILES string of the molecule is COC(=O)c1cccc(NC(=O)CCC(=O)c2ccc3c(c2)CCC3)c1. The van der Waals surface area contributed by atoms with E-state index in [0.717, 1.165) is 19.3 Å². The maximum Gasteiger partial charge on any atom is 0.337 e. The first kappa shape index (κ1) is 17.9. The van der Waals surface area contributed by atoms with Crippen molar-refractivity contribution in [2.75, 3.05) is 12.4 Å². The molecule has 0 fully saturated rings. The molecule has 0 spiro atoms. The zero-order valence-electron chi connectivity index (χ0n) is 14.7. The maximum atomic E-state index is 12.3. The predicted octanol–water partition coefficient (Wildman–Crippen LogP) is 3.56. The molecule has 1 aliphatic carbocycles. The van der Waals surface area contributed by atoms with Crippen LogP contribution in [0.15, 0.2) is 42.5 Å². The highest BCUT2D eigenvalue weighted by molar-refractivity contribution is 6.00. The Kier molecular flexibility index (Phi) is 5.46. The minimum Gasteiger partial charge on any atom is -0.465 e. The minimum absolute atomic E-state index is 0.0295. The van der Waals surface area contributed by atoms with E-state index in [1.54, 1.807) is 24.3 Å². The number of aryl methyl sites for hydroxylation is 2. The van der Waals surface area contributed by atoms with Gasteiger partial charge in [-0.15, -0.1) is 0 Å². The Morgan fingerprint density at radius 2 is 1.77 bits per heavy atom. The number of carbonyl (C=O) groups is 3. The van der Waals surface area contributed by atoms with Crippen molar-refractivity contribution in [3.05, 3.63) is 64.7 Å². The molecule has 2 aromatic carbocycles. The Bertz CT molecular complexity index is 857. The average Bonchev–Trinajstić information content (AvgIpc) is 3.13. The molecule has 0 radical (unpaired) electrons. The van der Waals surface area contributed by atoms with Gasteiger partial charge in [0.05, 0.1) is 12.7 Å². The largest absolute Gasteiger partial charge is 0.465 e. The highest BCUT2D eigenvalue weighted by Gasteiger charge is 2.15. The summed E-state index contributed by atoms with van der Waals surface area (Å²) in [6.45, 7) is 0. The van der Waals surface area contributed by atoms with Crippen molar-refractivity contribution in [1.82, 2.24) is 0 Å². The number of hydrogen-bond acceptors (Lipinski definition) is 4. The third-order valence-electron chi connectivity index (χ3n) is 4.57. The number of amides is 1. The number of carbonyl (C=O) groups excluding carboxylic acids is 3. The van der Waals surface area contributed by atoms with Crippen LogP contribution in [0.2, 0.25) is 0 Å². The highest BCUT2D eigenvalue weighted by atomic mass is 16.5. The van der Waals surface area contributed by atoms with E-state index in [9.17, 15) is 14.4 Å². The van der Waals surface area contributed by atoms with Gasteiger partial charge in [0.25, 0.3) is 0 Å². The second-order valence-corrected chi connectivity index (χ2v) is 6.38. The summed E-state index contributed by atoms with van der Waals surface area (Å²) in [5.41, 5.74) is 4.11. The van der Waals surface area contributed by atoms with Gasteiger partial charge < -0.3 is 10.1 Å². The van der Waals surface area contributed by atoms with Crippen LogP contribution in [0.5, 0.6) is 0 Å². The molecule has 0 unspecified atom stereocenters. The number of nitrogens with one attached hydrogen (secondary N) is 1. The monoisotopic (exact) mass is 351 g/mol. The molecule has 134 valence electrons. The molecule has 26 heavy (non-hydrogen) atoms.